The fraction of sp³-hybridized carbons (Fsp3) is 0.350. The second-order valence-corrected chi connectivity index (χ2v) is 7.35. The maximum Gasteiger partial charge on any atom is 0.329 e. The Morgan fingerprint density at radius 3 is 2.71 bits per heavy atom. The van der Waals surface area contributed by atoms with Crippen molar-refractivity contribution in [3.63, 3.8) is 0 Å². The van der Waals surface area contributed by atoms with Crippen LogP contribution in [0, 0.1) is 0 Å². The first-order valence-electron chi connectivity index (χ1n) is 9.00. The molecule has 1 aliphatic rings. The predicted molar refractivity (Wildman–Crippen MR) is 106 cm³/mol. The van der Waals surface area contributed by atoms with Crippen molar-refractivity contribution in [1.29, 1.82) is 0 Å². The summed E-state index contributed by atoms with van der Waals surface area (Å²) in [4.78, 5) is 39.7. The molecule has 1 aromatic heterocycles. The third-order valence-electron chi connectivity index (χ3n) is 4.54. The number of para-hydroxylation sites is 2. The summed E-state index contributed by atoms with van der Waals surface area (Å²) in [6.45, 7) is 2.00. The van der Waals surface area contributed by atoms with Gasteiger partial charge in [0, 0.05) is 6.54 Å². The summed E-state index contributed by atoms with van der Waals surface area (Å²) in [6, 6.07) is 9.83. The van der Waals surface area contributed by atoms with E-state index in [-0.39, 0.29) is 5.91 Å². The lowest BCUT2D eigenvalue weighted by Crippen LogP contribution is -2.43. The van der Waals surface area contributed by atoms with Crippen LogP contribution < -0.4 is 10.1 Å². The second kappa shape index (κ2) is 8.88. The molecular weight excluding hydrogens is 380 g/mol. The number of amides is 2. The molecule has 7 nitrogen and oxygen atoms in total. The zero-order valence-corrected chi connectivity index (χ0v) is 16.5. The van der Waals surface area contributed by atoms with Gasteiger partial charge in [-0.25, -0.2) is 4.79 Å². The SMILES string of the molecule is COc1ccccc1NC(=O)[C@H](C)OC(=O)[C@@H]1CCCN1C(=O)c1cccs1. The molecule has 1 N–H and O–H groups in total. The third-order valence-corrected chi connectivity index (χ3v) is 5.40. The third kappa shape index (κ3) is 4.33. The van der Waals surface area contributed by atoms with Crippen LogP contribution in [0.5, 0.6) is 5.75 Å². The first kappa shape index (κ1) is 19.9. The molecule has 0 aliphatic carbocycles. The molecule has 2 atom stereocenters. The van der Waals surface area contributed by atoms with Crippen molar-refractivity contribution < 1.29 is 23.9 Å². The van der Waals surface area contributed by atoms with Crippen LogP contribution in [0.2, 0.25) is 0 Å². The Kier molecular flexibility index (Phi) is 6.30. The highest BCUT2D eigenvalue weighted by Crippen LogP contribution is 2.25. The number of esters is 1. The van der Waals surface area contributed by atoms with Gasteiger partial charge in [-0.05, 0) is 43.3 Å². The van der Waals surface area contributed by atoms with E-state index in [1.54, 1.807) is 36.4 Å². The minimum atomic E-state index is -1.00. The number of nitrogens with one attached hydrogen (secondary N) is 1. The van der Waals surface area contributed by atoms with E-state index in [9.17, 15) is 14.4 Å². The maximum absolute atomic E-state index is 12.6. The van der Waals surface area contributed by atoms with E-state index in [1.807, 2.05) is 5.38 Å². The van der Waals surface area contributed by atoms with Crippen molar-refractivity contribution in [3.05, 3.63) is 46.7 Å². The van der Waals surface area contributed by atoms with Crippen molar-refractivity contribution in [1.82, 2.24) is 4.90 Å². The molecule has 1 aliphatic heterocycles. The van der Waals surface area contributed by atoms with E-state index >= 15 is 0 Å². The summed E-state index contributed by atoms with van der Waals surface area (Å²) >= 11 is 1.34. The number of hydrogen-bond acceptors (Lipinski definition) is 6. The molecule has 2 aromatic rings. The highest BCUT2D eigenvalue weighted by molar-refractivity contribution is 7.12. The highest BCUT2D eigenvalue weighted by atomic mass is 32.1. The van der Waals surface area contributed by atoms with Crippen molar-refractivity contribution >= 4 is 34.8 Å². The van der Waals surface area contributed by atoms with Gasteiger partial charge in [0.2, 0.25) is 0 Å². The topological polar surface area (TPSA) is 84.9 Å². The monoisotopic (exact) mass is 402 g/mol. The van der Waals surface area contributed by atoms with Crippen molar-refractivity contribution in [2.75, 3.05) is 19.0 Å². The number of nitrogens with zero attached hydrogens (tertiary/aromatic N) is 1. The number of hydrogen-bond donors (Lipinski definition) is 1. The molecule has 1 aromatic carbocycles. The van der Waals surface area contributed by atoms with Gasteiger partial charge < -0.3 is 19.7 Å². The summed E-state index contributed by atoms with van der Waals surface area (Å²) in [7, 11) is 1.51. The Bertz CT molecular complexity index is 852. The number of rotatable bonds is 6. The van der Waals surface area contributed by atoms with Gasteiger partial charge in [-0.15, -0.1) is 11.3 Å². The number of benzene rings is 1. The zero-order chi connectivity index (χ0) is 20.1. The van der Waals surface area contributed by atoms with Crippen molar-refractivity contribution in [3.8, 4) is 5.75 Å². The van der Waals surface area contributed by atoms with E-state index in [0.29, 0.717) is 29.3 Å². The van der Waals surface area contributed by atoms with Crippen LogP contribution in [0.25, 0.3) is 0 Å². The molecule has 2 amide bonds. The largest absolute Gasteiger partial charge is 0.495 e. The molecule has 1 saturated heterocycles. The Morgan fingerprint density at radius 1 is 1.21 bits per heavy atom. The molecule has 0 radical (unpaired) electrons. The number of ether oxygens (including phenoxy) is 2. The standard InChI is InChI=1S/C20H22N2O5S/c1-13(18(23)21-14-7-3-4-9-16(14)26-2)27-20(25)15-8-5-11-22(15)19(24)17-10-6-12-28-17/h3-4,6-7,9-10,12-13,15H,5,8,11H2,1-2H3,(H,21,23)/t13-,15-/m0/s1. The van der Waals surface area contributed by atoms with Crippen molar-refractivity contribution in [2.45, 2.75) is 31.9 Å². The summed E-state index contributed by atoms with van der Waals surface area (Å²) < 4.78 is 10.6. The van der Waals surface area contributed by atoms with Gasteiger partial charge in [-0.1, -0.05) is 18.2 Å². The van der Waals surface area contributed by atoms with Crippen LogP contribution in [0.3, 0.4) is 0 Å². The lowest BCUT2D eigenvalue weighted by Gasteiger charge is -2.24. The summed E-state index contributed by atoms with van der Waals surface area (Å²) in [5, 5.41) is 4.51. The molecule has 0 saturated carbocycles. The summed E-state index contributed by atoms with van der Waals surface area (Å²) in [5.74, 6) is -0.699. The molecule has 8 heteroatoms. The number of methoxy groups -OCH3 is 1. The Hall–Kier alpha value is -2.87. The van der Waals surface area contributed by atoms with E-state index < -0.39 is 24.0 Å². The number of carbonyl (C=O) groups excluding carboxylic acids is 3. The molecule has 148 valence electrons. The van der Waals surface area contributed by atoms with Gasteiger partial charge >= 0.3 is 5.97 Å². The van der Waals surface area contributed by atoms with Gasteiger partial charge in [-0.3, -0.25) is 9.59 Å². The van der Waals surface area contributed by atoms with Gasteiger partial charge in [0.1, 0.15) is 11.8 Å². The van der Waals surface area contributed by atoms with Crippen molar-refractivity contribution in [2.24, 2.45) is 0 Å². The first-order chi connectivity index (χ1) is 13.5. The van der Waals surface area contributed by atoms with Crippen LogP contribution in [-0.4, -0.2) is 48.5 Å². The Morgan fingerprint density at radius 2 is 2.00 bits per heavy atom. The molecule has 0 spiro atoms. The lowest BCUT2D eigenvalue weighted by molar-refractivity contribution is -0.156. The minimum absolute atomic E-state index is 0.180. The second-order valence-electron chi connectivity index (χ2n) is 6.40. The average Bonchev–Trinajstić information content (AvgIpc) is 3.39. The predicted octanol–water partition coefficient (Wildman–Crippen LogP) is 2.93. The normalized spacial score (nSPS) is 17.1. The fourth-order valence-corrected chi connectivity index (χ4v) is 3.76. The van der Waals surface area contributed by atoms with Gasteiger partial charge in [0.05, 0.1) is 17.7 Å². The molecule has 1 fully saturated rings. The minimum Gasteiger partial charge on any atom is -0.495 e. The zero-order valence-electron chi connectivity index (χ0n) is 15.7. The molecule has 0 bridgehead atoms. The summed E-state index contributed by atoms with van der Waals surface area (Å²) in [6.07, 6.45) is 0.242. The van der Waals surface area contributed by atoms with Crippen LogP contribution in [0.15, 0.2) is 41.8 Å². The average molecular weight is 402 g/mol. The van der Waals surface area contributed by atoms with Crippen LogP contribution in [0.4, 0.5) is 5.69 Å². The smallest absolute Gasteiger partial charge is 0.329 e. The number of carbonyl (C=O) groups is 3. The lowest BCUT2D eigenvalue weighted by atomic mass is 10.2. The van der Waals surface area contributed by atoms with E-state index in [1.165, 1.54) is 30.3 Å². The van der Waals surface area contributed by atoms with Crippen LogP contribution in [-0.2, 0) is 14.3 Å². The van der Waals surface area contributed by atoms with Crippen LogP contribution >= 0.6 is 11.3 Å². The number of thiophene rings is 1. The van der Waals surface area contributed by atoms with Gasteiger partial charge in [0.25, 0.3) is 11.8 Å². The molecule has 3 rings (SSSR count). The highest BCUT2D eigenvalue weighted by Gasteiger charge is 2.37. The van der Waals surface area contributed by atoms with Gasteiger partial charge in [0.15, 0.2) is 6.10 Å². The van der Waals surface area contributed by atoms with Crippen LogP contribution in [0.1, 0.15) is 29.4 Å². The van der Waals surface area contributed by atoms with Gasteiger partial charge in [-0.2, -0.15) is 0 Å². The molecule has 28 heavy (non-hydrogen) atoms. The van der Waals surface area contributed by atoms with E-state index in [4.69, 9.17) is 9.47 Å². The van der Waals surface area contributed by atoms with E-state index in [2.05, 4.69) is 5.32 Å². The van der Waals surface area contributed by atoms with E-state index in [0.717, 1.165) is 6.42 Å². The fourth-order valence-electron chi connectivity index (χ4n) is 3.09. The Balaban J connectivity index is 1.61. The number of likely N-dealkylation sites (tertiary alicyclic amines) is 1. The summed E-state index contributed by atoms with van der Waals surface area (Å²) in [5.41, 5.74) is 0.494. The molecular formula is C20H22N2O5S. The number of anilines is 1. The Labute approximate surface area is 167 Å². The quantitative estimate of drug-likeness (QED) is 0.751. The molecule has 2 heterocycles. The first-order valence-corrected chi connectivity index (χ1v) is 9.88. The maximum atomic E-state index is 12.6. The molecule has 0 unspecified atom stereocenters.